The lowest BCUT2D eigenvalue weighted by Gasteiger charge is -2.22. The Morgan fingerprint density at radius 2 is 2.00 bits per heavy atom. The van der Waals surface area contributed by atoms with Gasteiger partial charge in [-0.1, -0.05) is 23.7 Å². The Kier molecular flexibility index (Phi) is 5.15. The molecule has 0 spiro atoms. The van der Waals surface area contributed by atoms with Crippen LogP contribution in [0.5, 0.6) is 0 Å². The molecule has 0 aromatic heterocycles. The first-order valence-electron chi connectivity index (χ1n) is 6.92. The van der Waals surface area contributed by atoms with Gasteiger partial charge in [0.2, 0.25) is 17.7 Å². The van der Waals surface area contributed by atoms with Gasteiger partial charge in [0.25, 0.3) is 0 Å². The van der Waals surface area contributed by atoms with Crippen molar-refractivity contribution in [3.63, 3.8) is 0 Å². The summed E-state index contributed by atoms with van der Waals surface area (Å²) in [7, 11) is 3.20. The van der Waals surface area contributed by atoms with Gasteiger partial charge in [-0.15, -0.1) is 0 Å². The fourth-order valence-electron chi connectivity index (χ4n) is 2.36. The molecule has 1 N–H and O–H groups in total. The molecule has 0 unspecified atom stereocenters. The standard InChI is InChI=1S/C15H18ClN3O3/c1-17-13(20)9-18(2)12-7-14(21)19(15(12)22)8-10-3-5-11(16)6-4-10/h3-6,12H,7-9H2,1-2H3,(H,17,20)/t12-/m1/s1. The number of hydrogen-bond acceptors (Lipinski definition) is 4. The van der Waals surface area contributed by atoms with Gasteiger partial charge in [-0.3, -0.25) is 24.2 Å². The molecule has 1 aromatic rings. The van der Waals surface area contributed by atoms with Gasteiger partial charge in [-0.2, -0.15) is 0 Å². The maximum Gasteiger partial charge on any atom is 0.247 e. The predicted octanol–water partition coefficient (Wildman–Crippen LogP) is 0.645. The van der Waals surface area contributed by atoms with E-state index in [1.165, 1.54) is 11.9 Å². The second-order valence-corrected chi connectivity index (χ2v) is 5.69. The Labute approximate surface area is 134 Å². The molecule has 0 saturated carbocycles. The van der Waals surface area contributed by atoms with Crippen LogP contribution in [0.15, 0.2) is 24.3 Å². The molecule has 118 valence electrons. The summed E-state index contributed by atoms with van der Waals surface area (Å²) in [6.45, 7) is 0.300. The number of rotatable bonds is 5. The number of benzene rings is 1. The molecule has 1 heterocycles. The van der Waals surface area contributed by atoms with Crippen LogP contribution in [0.3, 0.4) is 0 Å². The van der Waals surface area contributed by atoms with Crippen LogP contribution in [0.4, 0.5) is 0 Å². The highest BCUT2D eigenvalue weighted by Gasteiger charge is 2.40. The van der Waals surface area contributed by atoms with Crippen LogP contribution >= 0.6 is 11.6 Å². The maximum atomic E-state index is 12.4. The van der Waals surface area contributed by atoms with E-state index in [0.717, 1.165) is 5.56 Å². The number of nitrogens with zero attached hydrogens (tertiary/aromatic N) is 2. The van der Waals surface area contributed by atoms with Crippen molar-refractivity contribution in [2.75, 3.05) is 20.6 Å². The second-order valence-electron chi connectivity index (χ2n) is 5.25. The van der Waals surface area contributed by atoms with Crippen molar-refractivity contribution in [2.45, 2.75) is 19.0 Å². The lowest BCUT2D eigenvalue weighted by atomic mass is 10.2. The second kappa shape index (κ2) is 6.89. The first kappa shape index (κ1) is 16.5. The average molecular weight is 324 g/mol. The summed E-state index contributed by atoms with van der Waals surface area (Å²) in [5, 5.41) is 3.10. The van der Waals surface area contributed by atoms with E-state index in [2.05, 4.69) is 5.32 Å². The zero-order valence-corrected chi connectivity index (χ0v) is 13.3. The summed E-state index contributed by atoms with van der Waals surface area (Å²) in [5.74, 6) is -0.695. The Bertz CT molecular complexity index is 588. The number of halogens is 1. The topological polar surface area (TPSA) is 69.7 Å². The average Bonchev–Trinajstić information content (AvgIpc) is 2.77. The minimum Gasteiger partial charge on any atom is -0.358 e. The smallest absolute Gasteiger partial charge is 0.247 e. The molecule has 6 nitrogen and oxygen atoms in total. The molecular formula is C15H18ClN3O3. The molecule has 0 radical (unpaired) electrons. The molecular weight excluding hydrogens is 306 g/mol. The van der Waals surface area contributed by atoms with Gasteiger partial charge in [-0.25, -0.2) is 0 Å². The van der Waals surface area contributed by atoms with Crippen LogP contribution in [0.2, 0.25) is 5.02 Å². The molecule has 22 heavy (non-hydrogen) atoms. The van der Waals surface area contributed by atoms with Crippen molar-refractivity contribution in [3.05, 3.63) is 34.9 Å². The lowest BCUT2D eigenvalue weighted by Crippen LogP contribution is -2.44. The number of carbonyl (C=O) groups excluding carboxylic acids is 3. The monoisotopic (exact) mass is 323 g/mol. The lowest BCUT2D eigenvalue weighted by molar-refractivity contribution is -0.140. The van der Waals surface area contributed by atoms with Crippen LogP contribution in [-0.4, -0.2) is 54.2 Å². The number of imide groups is 1. The molecule has 1 aromatic carbocycles. The van der Waals surface area contributed by atoms with Crippen molar-refractivity contribution in [2.24, 2.45) is 0 Å². The summed E-state index contributed by atoms with van der Waals surface area (Å²) in [4.78, 5) is 38.7. The number of amides is 3. The normalized spacial score (nSPS) is 18.2. The molecule has 0 bridgehead atoms. The van der Waals surface area contributed by atoms with E-state index >= 15 is 0 Å². The zero-order valence-electron chi connectivity index (χ0n) is 12.5. The summed E-state index contributed by atoms with van der Waals surface area (Å²) < 4.78 is 0. The van der Waals surface area contributed by atoms with Crippen LogP contribution in [0.1, 0.15) is 12.0 Å². The SMILES string of the molecule is CNC(=O)CN(C)[C@@H]1CC(=O)N(Cc2ccc(Cl)cc2)C1=O. The third-order valence-electron chi connectivity index (χ3n) is 3.68. The number of likely N-dealkylation sites (tertiary alicyclic amines) is 1. The van der Waals surface area contributed by atoms with Crippen LogP contribution in [0.25, 0.3) is 0 Å². The first-order valence-corrected chi connectivity index (χ1v) is 7.29. The molecule has 0 aliphatic carbocycles. The maximum absolute atomic E-state index is 12.4. The highest BCUT2D eigenvalue weighted by atomic mass is 35.5. The molecule has 1 atom stereocenters. The summed E-state index contributed by atoms with van der Waals surface area (Å²) in [6.07, 6.45) is 0.0971. The van der Waals surface area contributed by atoms with E-state index in [9.17, 15) is 14.4 Å². The molecule has 3 amide bonds. The fourth-order valence-corrected chi connectivity index (χ4v) is 2.49. The van der Waals surface area contributed by atoms with Gasteiger partial charge in [-0.05, 0) is 24.7 Å². The van der Waals surface area contributed by atoms with E-state index in [1.807, 2.05) is 0 Å². The molecule has 1 fully saturated rings. The summed E-state index contributed by atoms with van der Waals surface area (Å²) >= 11 is 5.82. The molecule has 1 aliphatic heterocycles. The Morgan fingerprint density at radius 1 is 1.36 bits per heavy atom. The number of hydrogen-bond donors (Lipinski definition) is 1. The van der Waals surface area contributed by atoms with E-state index in [-0.39, 0.29) is 37.2 Å². The molecule has 1 aliphatic rings. The summed E-state index contributed by atoms with van der Waals surface area (Å²) in [6, 6.07) is 6.42. The Balaban J connectivity index is 2.05. The first-order chi connectivity index (χ1) is 10.4. The quantitative estimate of drug-likeness (QED) is 0.808. The van der Waals surface area contributed by atoms with Crippen molar-refractivity contribution >= 4 is 29.3 Å². The largest absolute Gasteiger partial charge is 0.358 e. The van der Waals surface area contributed by atoms with E-state index in [1.54, 1.807) is 36.2 Å². The van der Waals surface area contributed by atoms with Gasteiger partial charge in [0.1, 0.15) is 0 Å². The molecule has 7 heteroatoms. The Hall–Kier alpha value is -1.92. The number of nitrogens with one attached hydrogen (secondary N) is 1. The highest BCUT2D eigenvalue weighted by molar-refractivity contribution is 6.30. The van der Waals surface area contributed by atoms with Gasteiger partial charge in [0.05, 0.1) is 25.6 Å². The molecule has 1 saturated heterocycles. The third-order valence-corrected chi connectivity index (χ3v) is 3.93. The third kappa shape index (κ3) is 3.64. The van der Waals surface area contributed by atoms with Crippen molar-refractivity contribution in [1.82, 2.24) is 15.1 Å². The van der Waals surface area contributed by atoms with Gasteiger partial charge >= 0.3 is 0 Å². The van der Waals surface area contributed by atoms with Gasteiger partial charge in [0.15, 0.2) is 0 Å². The number of carbonyl (C=O) groups is 3. The predicted molar refractivity (Wildman–Crippen MR) is 82.1 cm³/mol. The molecule has 2 rings (SSSR count). The fraction of sp³-hybridized carbons (Fsp3) is 0.400. The van der Waals surface area contributed by atoms with Crippen LogP contribution in [-0.2, 0) is 20.9 Å². The van der Waals surface area contributed by atoms with Gasteiger partial charge in [0, 0.05) is 12.1 Å². The van der Waals surface area contributed by atoms with Crippen molar-refractivity contribution < 1.29 is 14.4 Å². The highest BCUT2D eigenvalue weighted by Crippen LogP contribution is 2.21. The van der Waals surface area contributed by atoms with Gasteiger partial charge < -0.3 is 5.32 Å². The Morgan fingerprint density at radius 3 is 2.59 bits per heavy atom. The zero-order chi connectivity index (χ0) is 16.3. The van der Waals surface area contributed by atoms with Crippen molar-refractivity contribution in [3.8, 4) is 0 Å². The number of likely N-dealkylation sites (N-methyl/N-ethyl adjacent to an activating group) is 2. The van der Waals surface area contributed by atoms with Crippen LogP contribution < -0.4 is 5.32 Å². The minimum absolute atomic E-state index is 0.0783. The van der Waals surface area contributed by atoms with Crippen LogP contribution in [0, 0.1) is 0 Å². The van der Waals surface area contributed by atoms with E-state index < -0.39 is 6.04 Å². The van der Waals surface area contributed by atoms with E-state index in [0.29, 0.717) is 5.02 Å². The summed E-state index contributed by atoms with van der Waals surface area (Å²) in [5.41, 5.74) is 0.834. The van der Waals surface area contributed by atoms with Crippen molar-refractivity contribution in [1.29, 1.82) is 0 Å². The van der Waals surface area contributed by atoms with E-state index in [4.69, 9.17) is 11.6 Å². The minimum atomic E-state index is -0.586.